The molecule has 106 valence electrons. The van der Waals surface area contributed by atoms with Crippen LogP contribution in [0.2, 0.25) is 10.0 Å². The van der Waals surface area contributed by atoms with Crippen molar-refractivity contribution in [2.75, 3.05) is 18.5 Å². The molecule has 0 saturated carbocycles. The van der Waals surface area contributed by atoms with Crippen molar-refractivity contribution in [1.82, 2.24) is 4.90 Å². The lowest BCUT2D eigenvalue weighted by atomic mass is 10.3. The second-order valence-electron chi connectivity index (χ2n) is 3.92. The molecule has 1 aromatic carbocycles. The summed E-state index contributed by atoms with van der Waals surface area (Å²) in [6.45, 7) is -0.330. The summed E-state index contributed by atoms with van der Waals surface area (Å²) >= 11 is 15.2. The molecule has 5 nitrogen and oxygen atoms in total. The quantitative estimate of drug-likeness (QED) is 0.622. The molecular formula is C12H9BrCl2N2O3. The Morgan fingerprint density at radius 2 is 2.00 bits per heavy atom. The molecule has 0 aliphatic carbocycles. The molecule has 0 unspecified atom stereocenters. The molecule has 0 fully saturated rings. The van der Waals surface area contributed by atoms with Gasteiger partial charge in [-0.05, 0) is 28.1 Å². The van der Waals surface area contributed by atoms with E-state index in [1.54, 1.807) is 12.1 Å². The largest absolute Gasteiger partial charge is 0.395 e. The van der Waals surface area contributed by atoms with Gasteiger partial charge in [-0.15, -0.1) is 0 Å². The number of anilines is 1. The molecule has 8 heteroatoms. The molecule has 1 aromatic rings. The van der Waals surface area contributed by atoms with Gasteiger partial charge in [-0.3, -0.25) is 14.5 Å². The Balaban J connectivity index is 2.24. The second-order valence-corrected chi connectivity index (χ2v) is 5.50. The van der Waals surface area contributed by atoms with Crippen molar-refractivity contribution in [3.8, 4) is 0 Å². The van der Waals surface area contributed by atoms with Crippen molar-refractivity contribution in [1.29, 1.82) is 0 Å². The fourth-order valence-corrected chi connectivity index (χ4v) is 2.44. The predicted molar refractivity (Wildman–Crippen MR) is 79.7 cm³/mol. The molecule has 2 rings (SSSR count). The minimum absolute atomic E-state index is 0.0443. The number of β-amino-alcohol motifs (C(OH)–C–C–N with tert-alkyl or cyclic N) is 1. The lowest BCUT2D eigenvalue weighted by molar-refractivity contribution is -0.137. The first-order chi connectivity index (χ1) is 9.45. The number of hydrogen-bond acceptors (Lipinski definition) is 4. The number of imide groups is 1. The van der Waals surface area contributed by atoms with E-state index in [9.17, 15) is 9.59 Å². The summed E-state index contributed by atoms with van der Waals surface area (Å²) in [7, 11) is 0. The van der Waals surface area contributed by atoms with E-state index in [2.05, 4.69) is 21.2 Å². The van der Waals surface area contributed by atoms with Gasteiger partial charge in [0.1, 0.15) is 5.70 Å². The molecule has 1 aliphatic rings. The van der Waals surface area contributed by atoms with Crippen molar-refractivity contribution >= 4 is 56.6 Å². The van der Waals surface area contributed by atoms with E-state index in [-0.39, 0.29) is 18.8 Å². The van der Waals surface area contributed by atoms with E-state index in [1.165, 1.54) is 0 Å². The van der Waals surface area contributed by atoms with E-state index >= 15 is 0 Å². The van der Waals surface area contributed by atoms with Gasteiger partial charge in [-0.2, -0.15) is 0 Å². The SMILES string of the molecule is O=C1C=C(Nc2ccc(Cl)c(Br)c2Cl)C(=O)N1CCO. The third-order valence-corrected chi connectivity index (χ3v) is 4.63. The number of carbonyl (C=O) groups is 2. The number of rotatable bonds is 4. The van der Waals surface area contributed by atoms with Crippen LogP contribution in [0.5, 0.6) is 0 Å². The Hall–Kier alpha value is -1.08. The van der Waals surface area contributed by atoms with Crippen LogP contribution in [0, 0.1) is 0 Å². The van der Waals surface area contributed by atoms with Crippen LogP contribution in [0.25, 0.3) is 0 Å². The smallest absolute Gasteiger partial charge is 0.277 e. The Bertz CT molecular complexity index is 619. The van der Waals surface area contributed by atoms with E-state index in [1.807, 2.05) is 0 Å². The van der Waals surface area contributed by atoms with Crippen LogP contribution >= 0.6 is 39.1 Å². The topological polar surface area (TPSA) is 69.6 Å². The Kier molecular flexibility index (Phi) is 4.70. The van der Waals surface area contributed by atoms with Crippen molar-refractivity contribution in [2.24, 2.45) is 0 Å². The van der Waals surface area contributed by atoms with Crippen LogP contribution in [-0.4, -0.2) is 35.0 Å². The van der Waals surface area contributed by atoms with Gasteiger partial charge in [0.15, 0.2) is 0 Å². The van der Waals surface area contributed by atoms with Crippen molar-refractivity contribution in [2.45, 2.75) is 0 Å². The lowest BCUT2D eigenvalue weighted by Crippen LogP contribution is -2.34. The molecule has 0 spiro atoms. The van der Waals surface area contributed by atoms with Crippen LogP contribution in [0.1, 0.15) is 0 Å². The van der Waals surface area contributed by atoms with Crippen molar-refractivity contribution < 1.29 is 14.7 Å². The summed E-state index contributed by atoms with van der Waals surface area (Å²) in [4.78, 5) is 24.5. The molecule has 2 amide bonds. The number of nitrogens with zero attached hydrogens (tertiary/aromatic N) is 1. The highest BCUT2D eigenvalue weighted by molar-refractivity contribution is 9.10. The van der Waals surface area contributed by atoms with Crippen molar-refractivity contribution in [3.63, 3.8) is 0 Å². The number of aliphatic hydroxyl groups is 1. The van der Waals surface area contributed by atoms with Gasteiger partial charge in [0, 0.05) is 6.08 Å². The third kappa shape index (κ3) is 2.83. The number of hydrogen-bond donors (Lipinski definition) is 2. The average Bonchev–Trinajstić information content (AvgIpc) is 2.67. The molecule has 0 saturated heterocycles. The van der Waals surface area contributed by atoms with Gasteiger partial charge in [-0.25, -0.2) is 0 Å². The van der Waals surface area contributed by atoms with Gasteiger partial charge >= 0.3 is 0 Å². The average molecular weight is 380 g/mol. The Labute approximate surface area is 133 Å². The zero-order valence-corrected chi connectivity index (χ0v) is 13.1. The minimum Gasteiger partial charge on any atom is -0.395 e. The number of benzene rings is 1. The Morgan fingerprint density at radius 3 is 2.65 bits per heavy atom. The highest BCUT2D eigenvalue weighted by Gasteiger charge is 2.31. The number of halogens is 3. The van der Waals surface area contributed by atoms with Gasteiger partial charge < -0.3 is 10.4 Å². The molecule has 0 radical (unpaired) electrons. The molecule has 1 aliphatic heterocycles. The number of aliphatic hydroxyl groups excluding tert-OH is 1. The Morgan fingerprint density at radius 1 is 1.30 bits per heavy atom. The van der Waals surface area contributed by atoms with E-state index in [4.69, 9.17) is 28.3 Å². The first-order valence-electron chi connectivity index (χ1n) is 5.54. The van der Waals surface area contributed by atoms with Crippen molar-refractivity contribution in [3.05, 3.63) is 38.4 Å². The lowest BCUT2D eigenvalue weighted by Gasteiger charge is -2.14. The maximum absolute atomic E-state index is 12.0. The summed E-state index contributed by atoms with van der Waals surface area (Å²) in [5, 5.41) is 12.4. The summed E-state index contributed by atoms with van der Waals surface area (Å²) in [5.41, 5.74) is 0.542. The summed E-state index contributed by atoms with van der Waals surface area (Å²) in [5.74, 6) is -0.984. The molecule has 2 N–H and O–H groups in total. The maximum atomic E-state index is 12.0. The van der Waals surface area contributed by atoms with Crippen LogP contribution in [-0.2, 0) is 9.59 Å². The molecule has 0 aromatic heterocycles. The molecule has 0 bridgehead atoms. The van der Waals surface area contributed by atoms with Crippen LogP contribution < -0.4 is 5.32 Å². The number of nitrogens with one attached hydrogen (secondary N) is 1. The fourth-order valence-electron chi connectivity index (χ4n) is 1.68. The normalized spacial score (nSPS) is 14.8. The third-order valence-electron chi connectivity index (χ3n) is 2.64. The first-order valence-corrected chi connectivity index (χ1v) is 7.09. The standard InChI is InChI=1S/C12H9BrCl2N2O3/c13-10-6(14)1-2-7(11(10)15)16-8-5-9(19)17(3-4-18)12(8)20/h1-2,5,16,18H,3-4H2. The second kappa shape index (κ2) is 6.13. The highest BCUT2D eigenvalue weighted by atomic mass is 79.9. The summed E-state index contributed by atoms with van der Waals surface area (Å²) < 4.78 is 0.496. The van der Waals surface area contributed by atoms with Crippen LogP contribution in [0.4, 0.5) is 5.69 Å². The minimum atomic E-state index is -0.508. The molecule has 20 heavy (non-hydrogen) atoms. The van der Waals surface area contributed by atoms with Gasteiger partial charge in [0.25, 0.3) is 11.8 Å². The molecule has 1 heterocycles. The number of carbonyl (C=O) groups excluding carboxylic acids is 2. The van der Waals surface area contributed by atoms with Crippen LogP contribution in [0.15, 0.2) is 28.4 Å². The maximum Gasteiger partial charge on any atom is 0.277 e. The summed E-state index contributed by atoms with van der Waals surface area (Å²) in [6.07, 6.45) is 1.16. The van der Waals surface area contributed by atoms with E-state index in [0.29, 0.717) is 20.2 Å². The van der Waals surface area contributed by atoms with E-state index in [0.717, 1.165) is 11.0 Å². The molecular weight excluding hydrogens is 371 g/mol. The molecule has 0 atom stereocenters. The van der Waals surface area contributed by atoms with Crippen LogP contribution in [0.3, 0.4) is 0 Å². The fraction of sp³-hybridized carbons (Fsp3) is 0.167. The summed E-state index contributed by atoms with van der Waals surface area (Å²) in [6, 6.07) is 3.20. The van der Waals surface area contributed by atoms with Gasteiger partial charge in [0.2, 0.25) is 0 Å². The monoisotopic (exact) mass is 378 g/mol. The predicted octanol–water partition coefficient (Wildman–Crippen LogP) is 2.41. The van der Waals surface area contributed by atoms with Gasteiger partial charge in [0.05, 0.1) is 33.4 Å². The number of amides is 2. The zero-order chi connectivity index (χ0) is 14.9. The van der Waals surface area contributed by atoms with E-state index < -0.39 is 11.8 Å². The van der Waals surface area contributed by atoms with Gasteiger partial charge in [-0.1, -0.05) is 23.2 Å². The first kappa shape index (κ1) is 15.3. The zero-order valence-electron chi connectivity index (χ0n) is 9.99. The highest BCUT2D eigenvalue weighted by Crippen LogP contribution is 2.36.